The molecular weight excluding hydrogens is 212 g/mol. The van der Waals surface area contributed by atoms with Crippen molar-refractivity contribution in [3.8, 4) is 0 Å². The average molecular weight is 229 g/mol. The number of nitrogen functional groups attached to an aromatic ring is 1. The molecule has 0 fully saturated rings. The first-order valence-electron chi connectivity index (χ1n) is 4.94. The number of nitrogens with two attached hydrogens (primary N) is 1. The summed E-state index contributed by atoms with van der Waals surface area (Å²) in [5.41, 5.74) is 7.60. The summed E-state index contributed by atoms with van der Waals surface area (Å²) in [6, 6.07) is 0. The fraction of sp³-hybridized carbons (Fsp3) is 0.500. The lowest BCUT2D eigenvalue weighted by Gasteiger charge is -2.05. The van der Waals surface area contributed by atoms with Gasteiger partial charge in [-0.2, -0.15) is 5.10 Å². The van der Waals surface area contributed by atoms with Crippen molar-refractivity contribution < 1.29 is 0 Å². The van der Waals surface area contributed by atoms with Crippen molar-refractivity contribution in [1.29, 1.82) is 0 Å². The number of rotatable bonds is 5. The second-order valence-corrected chi connectivity index (χ2v) is 3.99. The molecule has 0 saturated carbocycles. The standard InChI is InChI=1S/C10H17ClN4/c1-4-5-8-9(12)10(15(3)14-8)13-6-7(2)11/h13H,2,4-6,12H2,1,3H3. The van der Waals surface area contributed by atoms with Crippen LogP contribution in [0.3, 0.4) is 0 Å². The molecule has 0 atom stereocenters. The second kappa shape index (κ2) is 5.07. The summed E-state index contributed by atoms with van der Waals surface area (Å²) in [5.74, 6) is 0.806. The van der Waals surface area contributed by atoms with Crippen LogP contribution in [-0.2, 0) is 13.5 Å². The first kappa shape index (κ1) is 11.9. The van der Waals surface area contributed by atoms with Gasteiger partial charge in [0, 0.05) is 12.1 Å². The zero-order valence-corrected chi connectivity index (χ0v) is 9.93. The zero-order valence-electron chi connectivity index (χ0n) is 9.18. The number of aromatic nitrogens is 2. The Morgan fingerprint density at radius 1 is 1.67 bits per heavy atom. The molecule has 1 rings (SSSR count). The summed E-state index contributed by atoms with van der Waals surface area (Å²) < 4.78 is 1.74. The molecule has 0 aliphatic heterocycles. The van der Waals surface area contributed by atoms with Crippen molar-refractivity contribution in [3.05, 3.63) is 17.3 Å². The van der Waals surface area contributed by atoms with Gasteiger partial charge in [0.15, 0.2) is 0 Å². The molecule has 1 heterocycles. The van der Waals surface area contributed by atoms with Gasteiger partial charge in [0.05, 0.1) is 17.9 Å². The first-order chi connectivity index (χ1) is 7.06. The van der Waals surface area contributed by atoms with E-state index in [0.717, 1.165) is 24.4 Å². The summed E-state index contributed by atoms with van der Waals surface area (Å²) >= 11 is 5.67. The molecular formula is C10H17ClN4. The molecule has 1 aromatic heterocycles. The Morgan fingerprint density at radius 2 is 2.33 bits per heavy atom. The summed E-state index contributed by atoms with van der Waals surface area (Å²) in [4.78, 5) is 0. The molecule has 0 aliphatic rings. The quantitative estimate of drug-likeness (QED) is 0.812. The number of halogens is 1. The van der Waals surface area contributed by atoms with Crippen molar-refractivity contribution in [1.82, 2.24) is 9.78 Å². The molecule has 4 nitrogen and oxygen atoms in total. The summed E-state index contributed by atoms with van der Waals surface area (Å²) in [7, 11) is 1.86. The van der Waals surface area contributed by atoms with Crippen LogP contribution < -0.4 is 11.1 Å². The number of nitrogens with zero attached hydrogens (tertiary/aromatic N) is 2. The topological polar surface area (TPSA) is 55.9 Å². The maximum absolute atomic E-state index is 5.96. The highest BCUT2D eigenvalue weighted by molar-refractivity contribution is 6.29. The van der Waals surface area contributed by atoms with Gasteiger partial charge in [-0.1, -0.05) is 31.5 Å². The van der Waals surface area contributed by atoms with Gasteiger partial charge in [0.25, 0.3) is 0 Å². The van der Waals surface area contributed by atoms with Crippen LogP contribution in [0.25, 0.3) is 0 Å². The highest BCUT2D eigenvalue weighted by atomic mass is 35.5. The zero-order chi connectivity index (χ0) is 11.4. The molecule has 0 spiro atoms. The third kappa shape index (κ3) is 2.89. The molecule has 15 heavy (non-hydrogen) atoms. The molecule has 1 aromatic rings. The number of anilines is 2. The highest BCUT2D eigenvalue weighted by Crippen LogP contribution is 2.23. The summed E-state index contributed by atoms with van der Waals surface area (Å²) in [6.07, 6.45) is 1.92. The molecule has 0 radical (unpaired) electrons. The summed E-state index contributed by atoms with van der Waals surface area (Å²) in [5, 5.41) is 7.99. The molecule has 0 bridgehead atoms. The Labute approximate surface area is 95.1 Å². The SMILES string of the molecule is C=C(Cl)CNc1c(N)c(CCC)nn1C. The predicted molar refractivity (Wildman–Crippen MR) is 65.1 cm³/mol. The van der Waals surface area contributed by atoms with E-state index in [-0.39, 0.29) is 0 Å². The number of hydrogen-bond donors (Lipinski definition) is 2. The van der Waals surface area contributed by atoms with E-state index in [1.165, 1.54) is 0 Å². The van der Waals surface area contributed by atoms with Gasteiger partial charge in [-0.15, -0.1) is 0 Å². The molecule has 0 aromatic carbocycles. The number of hydrogen-bond acceptors (Lipinski definition) is 3. The lowest BCUT2D eigenvalue weighted by Crippen LogP contribution is -2.07. The van der Waals surface area contributed by atoms with Crippen LogP contribution in [0.2, 0.25) is 0 Å². The van der Waals surface area contributed by atoms with Crippen LogP contribution in [0.1, 0.15) is 19.0 Å². The Morgan fingerprint density at radius 3 is 2.87 bits per heavy atom. The van der Waals surface area contributed by atoms with Gasteiger partial charge in [-0.25, -0.2) is 0 Å². The Kier molecular flexibility index (Phi) is 4.03. The minimum atomic E-state index is 0.497. The fourth-order valence-electron chi connectivity index (χ4n) is 1.41. The molecule has 0 unspecified atom stereocenters. The van der Waals surface area contributed by atoms with Crippen molar-refractivity contribution in [2.75, 3.05) is 17.6 Å². The minimum Gasteiger partial charge on any atom is -0.394 e. The fourth-order valence-corrected chi connectivity index (χ4v) is 1.47. The van der Waals surface area contributed by atoms with Crippen molar-refractivity contribution in [2.24, 2.45) is 7.05 Å². The lowest BCUT2D eigenvalue weighted by molar-refractivity contribution is 0.737. The van der Waals surface area contributed by atoms with Gasteiger partial charge in [0.2, 0.25) is 0 Å². The van der Waals surface area contributed by atoms with Gasteiger partial charge < -0.3 is 11.1 Å². The Balaban J connectivity index is 2.82. The van der Waals surface area contributed by atoms with E-state index in [2.05, 4.69) is 23.9 Å². The van der Waals surface area contributed by atoms with Crippen molar-refractivity contribution in [3.63, 3.8) is 0 Å². The van der Waals surface area contributed by atoms with Crippen molar-refractivity contribution >= 4 is 23.1 Å². The predicted octanol–water partition coefficient (Wildman–Crippen LogP) is 2.12. The van der Waals surface area contributed by atoms with Crippen LogP contribution in [0.5, 0.6) is 0 Å². The van der Waals surface area contributed by atoms with Crippen LogP contribution in [0.4, 0.5) is 11.5 Å². The maximum atomic E-state index is 5.96. The molecule has 84 valence electrons. The summed E-state index contributed by atoms with van der Waals surface area (Å²) in [6.45, 7) is 6.20. The molecule has 0 aliphatic carbocycles. The van der Waals surface area contributed by atoms with E-state index in [9.17, 15) is 0 Å². The average Bonchev–Trinajstić information content (AvgIpc) is 2.40. The third-order valence-electron chi connectivity index (χ3n) is 2.09. The normalized spacial score (nSPS) is 10.3. The van der Waals surface area contributed by atoms with E-state index in [1.54, 1.807) is 4.68 Å². The lowest BCUT2D eigenvalue weighted by atomic mass is 10.2. The minimum absolute atomic E-state index is 0.497. The smallest absolute Gasteiger partial charge is 0.148 e. The second-order valence-electron chi connectivity index (χ2n) is 3.45. The monoisotopic (exact) mass is 228 g/mol. The maximum Gasteiger partial charge on any atom is 0.148 e. The number of aryl methyl sites for hydroxylation is 2. The molecule has 0 amide bonds. The van der Waals surface area contributed by atoms with E-state index in [4.69, 9.17) is 17.3 Å². The van der Waals surface area contributed by atoms with Gasteiger partial charge in [0.1, 0.15) is 5.82 Å². The van der Waals surface area contributed by atoms with Crippen molar-refractivity contribution in [2.45, 2.75) is 19.8 Å². The van der Waals surface area contributed by atoms with Crippen LogP contribution >= 0.6 is 11.6 Å². The Hall–Kier alpha value is -1.16. The van der Waals surface area contributed by atoms with E-state index < -0.39 is 0 Å². The first-order valence-corrected chi connectivity index (χ1v) is 5.32. The van der Waals surface area contributed by atoms with Crippen LogP contribution in [0.15, 0.2) is 11.6 Å². The largest absolute Gasteiger partial charge is 0.394 e. The van der Waals surface area contributed by atoms with E-state index >= 15 is 0 Å². The van der Waals surface area contributed by atoms with Gasteiger partial charge in [-0.05, 0) is 6.42 Å². The molecule has 3 N–H and O–H groups in total. The van der Waals surface area contributed by atoms with E-state index in [0.29, 0.717) is 17.3 Å². The molecule has 5 heteroatoms. The third-order valence-corrected chi connectivity index (χ3v) is 2.23. The van der Waals surface area contributed by atoms with E-state index in [1.807, 2.05) is 7.05 Å². The van der Waals surface area contributed by atoms with Gasteiger partial charge in [-0.3, -0.25) is 4.68 Å². The highest BCUT2D eigenvalue weighted by Gasteiger charge is 2.11. The van der Waals surface area contributed by atoms with Crippen LogP contribution in [-0.4, -0.2) is 16.3 Å². The number of nitrogens with one attached hydrogen (secondary N) is 1. The molecule has 0 saturated heterocycles. The Bertz CT molecular complexity index is 357. The van der Waals surface area contributed by atoms with Crippen LogP contribution in [0, 0.1) is 0 Å². The van der Waals surface area contributed by atoms with Gasteiger partial charge >= 0.3 is 0 Å².